The Labute approximate surface area is 138 Å². The van der Waals surface area contributed by atoms with E-state index in [1.165, 1.54) is 5.56 Å². The summed E-state index contributed by atoms with van der Waals surface area (Å²) in [4.78, 5) is 15.1. The fraction of sp³-hybridized carbons (Fsp3) is 0.500. The van der Waals surface area contributed by atoms with Crippen LogP contribution in [0.1, 0.15) is 24.4 Å². The average molecular weight is 319 g/mol. The van der Waals surface area contributed by atoms with Gasteiger partial charge < -0.3 is 10.2 Å². The number of rotatable bonds is 2. The first kappa shape index (κ1) is 15.6. The zero-order chi connectivity index (χ0) is 14.2. The summed E-state index contributed by atoms with van der Waals surface area (Å²) in [5, 5.41) is 3.50. The van der Waals surface area contributed by atoms with Crippen LogP contribution in [0.4, 0.5) is 0 Å². The third kappa shape index (κ3) is 2.57. The van der Waals surface area contributed by atoms with Crippen molar-refractivity contribution in [1.29, 1.82) is 0 Å². The Morgan fingerprint density at radius 1 is 1.09 bits per heavy atom. The highest BCUT2D eigenvalue weighted by Crippen LogP contribution is 2.43. The second kappa shape index (κ2) is 6.43. The number of nitrogens with one attached hydrogen (secondary N) is 1. The minimum atomic E-state index is 0. The molecule has 2 heterocycles. The zero-order valence-corrected chi connectivity index (χ0v) is 13.5. The topological polar surface area (TPSA) is 32.3 Å². The summed E-state index contributed by atoms with van der Waals surface area (Å²) in [5.41, 5.74) is 1.30. The van der Waals surface area contributed by atoms with Gasteiger partial charge in [0.2, 0.25) is 5.91 Å². The summed E-state index contributed by atoms with van der Waals surface area (Å²) in [6, 6.07) is 10.8. The molecule has 0 radical (unpaired) electrons. The summed E-state index contributed by atoms with van der Waals surface area (Å²) < 4.78 is 0. The number of hydrogen-bond acceptors (Lipinski definition) is 2. The average Bonchev–Trinajstić information content (AvgIpc) is 3.23. The quantitative estimate of drug-likeness (QED) is 0.850. The molecule has 4 heteroatoms. The molecule has 1 N–H and O–H groups in total. The number of halogens is 1. The van der Waals surface area contributed by atoms with Crippen LogP contribution in [0.5, 0.6) is 0 Å². The first-order chi connectivity index (χ1) is 10.3. The molecule has 0 bridgehead atoms. The van der Waals surface area contributed by atoms with Crippen molar-refractivity contribution in [2.45, 2.75) is 18.9 Å². The lowest BCUT2D eigenvalue weighted by atomic mass is 9.89. The molecule has 2 aliphatic heterocycles. The number of carbonyl (C=O) groups is 1. The molecule has 4 rings (SSSR count). The Balaban J connectivity index is 0.00000144. The Hall–Kier alpha value is -1.32. The van der Waals surface area contributed by atoms with Crippen molar-refractivity contribution in [2.75, 3.05) is 19.6 Å². The van der Waals surface area contributed by atoms with E-state index in [4.69, 9.17) is 0 Å². The zero-order valence-electron chi connectivity index (χ0n) is 12.7. The molecule has 0 aromatic heterocycles. The highest BCUT2D eigenvalue weighted by atomic mass is 35.5. The van der Waals surface area contributed by atoms with E-state index in [9.17, 15) is 4.79 Å². The van der Waals surface area contributed by atoms with Crippen molar-refractivity contribution in [3.05, 3.63) is 48.0 Å². The fourth-order valence-electron chi connectivity index (χ4n) is 4.28. The molecule has 3 aliphatic rings. The lowest BCUT2D eigenvalue weighted by molar-refractivity contribution is -0.136. The molecule has 0 saturated carbocycles. The molecule has 2 fully saturated rings. The van der Waals surface area contributed by atoms with Gasteiger partial charge in [-0.3, -0.25) is 4.79 Å². The second-order valence-corrected chi connectivity index (χ2v) is 6.57. The van der Waals surface area contributed by atoms with Gasteiger partial charge >= 0.3 is 0 Å². The number of carbonyl (C=O) groups excluding carboxylic acids is 1. The Morgan fingerprint density at radius 2 is 1.82 bits per heavy atom. The van der Waals surface area contributed by atoms with E-state index in [-0.39, 0.29) is 24.4 Å². The molecule has 3 atom stereocenters. The molecule has 3 nitrogen and oxygen atoms in total. The number of nitrogens with zero attached hydrogens (tertiary/aromatic N) is 1. The van der Waals surface area contributed by atoms with Crippen LogP contribution in [0, 0.1) is 17.8 Å². The number of fused-ring (bicyclic) bond motifs is 1. The number of benzene rings is 1. The predicted octanol–water partition coefficient (Wildman–Crippen LogP) is 2.79. The van der Waals surface area contributed by atoms with Crippen LogP contribution < -0.4 is 5.32 Å². The van der Waals surface area contributed by atoms with E-state index < -0.39 is 0 Å². The van der Waals surface area contributed by atoms with E-state index in [1.54, 1.807) is 0 Å². The maximum atomic E-state index is 12.9. The maximum absolute atomic E-state index is 12.9. The molecular weight excluding hydrogens is 296 g/mol. The minimum Gasteiger partial charge on any atom is -0.335 e. The molecule has 1 aromatic rings. The monoisotopic (exact) mass is 318 g/mol. The van der Waals surface area contributed by atoms with Crippen molar-refractivity contribution in [3.63, 3.8) is 0 Å². The van der Waals surface area contributed by atoms with Gasteiger partial charge in [-0.2, -0.15) is 0 Å². The van der Waals surface area contributed by atoms with Crippen molar-refractivity contribution < 1.29 is 4.79 Å². The fourth-order valence-corrected chi connectivity index (χ4v) is 4.28. The number of likely N-dealkylation sites (tertiary alicyclic amines) is 1. The van der Waals surface area contributed by atoms with Gasteiger partial charge in [0, 0.05) is 31.5 Å². The summed E-state index contributed by atoms with van der Waals surface area (Å²) >= 11 is 0. The van der Waals surface area contributed by atoms with E-state index in [2.05, 4.69) is 52.7 Å². The van der Waals surface area contributed by atoms with Crippen molar-refractivity contribution in [1.82, 2.24) is 10.2 Å². The highest BCUT2D eigenvalue weighted by Gasteiger charge is 2.47. The van der Waals surface area contributed by atoms with E-state index in [1.807, 2.05) is 0 Å². The number of allylic oxidation sites excluding steroid dienone is 2. The lowest BCUT2D eigenvalue weighted by Gasteiger charge is -2.30. The third-order valence-electron chi connectivity index (χ3n) is 5.35. The van der Waals surface area contributed by atoms with Gasteiger partial charge in [0.15, 0.2) is 0 Å². The number of hydrogen-bond donors (Lipinski definition) is 1. The first-order valence-corrected chi connectivity index (χ1v) is 8.06. The predicted molar refractivity (Wildman–Crippen MR) is 89.9 cm³/mol. The smallest absolute Gasteiger partial charge is 0.226 e. The molecule has 2 saturated heterocycles. The highest BCUT2D eigenvalue weighted by molar-refractivity contribution is 5.85. The summed E-state index contributed by atoms with van der Waals surface area (Å²) in [6.07, 6.45) is 6.14. The Bertz CT molecular complexity index is 551. The van der Waals surface area contributed by atoms with Gasteiger partial charge in [-0.05, 0) is 24.3 Å². The van der Waals surface area contributed by atoms with Gasteiger partial charge in [0.1, 0.15) is 0 Å². The molecule has 22 heavy (non-hydrogen) atoms. The summed E-state index contributed by atoms with van der Waals surface area (Å²) in [6.45, 7) is 3.02. The summed E-state index contributed by atoms with van der Waals surface area (Å²) in [7, 11) is 0. The van der Waals surface area contributed by atoms with Crippen LogP contribution in [0.25, 0.3) is 0 Å². The molecule has 1 aliphatic carbocycles. The van der Waals surface area contributed by atoms with Gasteiger partial charge in [0.05, 0.1) is 6.04 Å². The van der Waals surface area contributed by atoms with Crippen LogP contribution in [0.15, 0.2) is 42.5 Å². The molecule has 1 amide bonds. The molecule has 0 unspecified atom stereocenters. The third-order valence-corrected chi connectivity index (χ3v) is 5.35. The van der Waals surface area contributed by atoms with Crippen LogP contribution in [-0.4, -0.2) is 30.4 Å². The minimum absolute atomic E-state index is 0. The van der Waals surface area contributed by atoms with Crippen LogP contribution in [0.2, 0.25) is 0 Å². The second-order valence-electron chi connectivity index (χ2n) is 6.57. The standard InChI is InChI=1S/C18H22N2O.ClH/c21-18(14-8-4-5-9-14)20-12-15-10-19-11-16(15)17(20)13-6-2-1-3-7-13;/h1-7,14-17,19H,8-12H2;1H/t15-,16-,17-;/m0./s1. The van der Waals surface area contributed by atoms with E-state index >= 15 is 0 Å². The normalized spacial score (nSPS) is 30.4. The van der Waals surface area contributed by atoms with Gasteiger partial charge in [0.25, 0.3) is 0 Å². The summed E-state index contributed by atoms with van der Waals surface area (Å²) in [5.74, 6) is 1.74. The lowest BCUT2D eigenvalue weighted by Crippen LogP contribution is -2.38. The van der Waals surface area contributed by atoms with E-state index in [0.717, 1.165) is 32.5 Å². The van der Waals surface area contributed by atoms with Crippen molar-refractivity contribution in [2.24, 2.45) is 17.8 Å². The van der Waals surface area contributed by atoms with Crippen LogP contribution in [0.3, 0.4) is 0 Å². The van der Waals surface area contributed by atoms with Gasteiger partial charge in [-0.25, -0.2) is 0 Å². The van der Waals surface area contributed by atoms with Gasteiger partial charge in [-0.15, -0.1) is 12.4 Å². The first-order valence-electron chi connectivity index (χ1n) is 8.06. The molecule has 1 aromatic carbocycles. The van der Waals surface area contributed by atoms with Crippen molar-refractivity contribution in [3.8, 4) is 0 Å². The molecule has 118 valence electrons. The molecular formula is C18H23ClN2O. The van der Waals surface area contributed by atoms with Crippen LogP contribution >= 0.6 is 12.4 Å². The maximum Gasteiger partial charge on any atom is 0.226 e. The SMILES string of the molecule is Cl.O=C(C1CC=CC1)N1C[C@@H]2CNC[C@@H]2[C@@H]1c1ccccc1. The van der Waals surface area contributed by atoms with Gasteiger partial charge in [-0.1, -0.05) is 42.5 Å². The largest absolute Gasteiger partial charge is 0.335 e. The Kier molecular flexibility index (Phi) is 4.55. The van der Waals surface area contributed by atoms with E-state index in [0.29, 0.717) is 17.7 Å². The molecule has 0 spiro atoms. The van der Waals surface area contributed by atoms with Crippen LogP contribution in [-0.2, 0) is 4.79 Å². The number of amides is 1. The van der Waals surface area contributed by atoms with Crippen molar-refractivity contribution >= 4 is 18.3 Å². The Morgan fingerprint density at radius 3 is 2.55 bits per heavy atom.